The Kier molecular flexibility index (Phi) is 6.18. The van der Waals surface area contributed by atoms with Crippen LogP contribution in [0.2, 0.25) is 0 Å². The molecule has 1 aliphatic heterocycles. The molecule has 1 heterocycles. The molecule has 2 aromatic carbocycles. The van der Waals surface area contributed by atoms with E-state index in [1.807, 2.05) is 30.3 Å². The molecular formula is C19H18BrN3O3S. The number of carbonyl (C=O) groups is 2. The molecule has 6 nitrogen and oxygen atoms in total. The van der Waals surface area contributed by atoms with Crippen molar-refractivity contribution >= 4 is 56.0 Å². The first-order valence-electron chi connectivity index (χ1n) is 8.18. The molecule has 2 aromatic rings. The van der Waals surface area contributed by atoms with Gasteiger partial charge in [-0.15, -0.1) is 0 Å². The summed E-state index contributed by atoms with van der Waals surface area (Å²) in [5, 5.41) is 2.88. The summed E-state index contributed by atoms with van der Waals surface area (Å²) in [7, 11) is 3.26. The quantitative estimate of drug-likeness (QED) is 0.750. The zero-order valence-electron chi connectivity index (χ0n) is 14.8. The number of nitrogens with zero attached hydrogens (tertiary/aromatic N) is 2. The molecule has 0 spiro atoms. The van der Waals surface area contributed by atoms with Gasteiger partial charge in [-0.3, -0.25) is 14.5 Å². The number of carbonyl (C=O) groups excluding carboxylic acids is 2. The number of methoxy groups -OCH3 is 1. The van der Waals surface area contributed by atoms with Crippen molar-refractivity contribution in [1.29, 1.82) is 0 Å². The van der Waals surface area contributed by atoms with Gasteiger partial charge in [0, 0.05) is 29.7 Å². The van der Waals surface area contributed by atoms with Gasteiger partial charge in [0.2, 0.25) is 11.8 Å². The molecule has 0 aliphatic carbocycles. The third-order valence-corrected chi connectivity index (χ3v) is 5.67. The normalized spacial score (nSPS) is 18.0. The zero-order valence-corrected chi connectivity index (χ0v) is 17.2. The van der Waals surface area contributed by atoms with Gasteiger partial charge in [-0.05, 0) is 36.4 Å². The Labute approximate surface area is 170 Å². The third-order valence-electron chi connectivity index (χ3n) is 3.92. The molecule has 1 unspecified atom stereocenters. The van der Waals surface area contributed by atoms with E-state index in [9.17, 15) is 9.59 Å². The summed E-state index contributed by atoms with van der Waals surface area (Å²) < 4.78 is 6.12. The fraction of sp³-hybridized carbons (Fsp3) is 0.211. The number of amidine groups is 1. The standard InChI is InChI=1S/C19H18BrN3O3S/c1-23-18(25)16(11-17(24)21-13-8-6-12(20)7-9-13)27-19(23)22-14-4-3-5-15(10-14)26-2/h3-10,16H,11H2,1-2H3,(H,21,24). The van der Waals surface area contributed by atoms with Crippen LogP contribution in [0, 0.1) is 0 Å². The van der Waals surface area contributed by atoms with E-state index < -0.39 is 5.25 Å². The molecular weight excluding hydrogens is 430 g/mol. The molecule has 1 fully saturated rings. The summed E-state index contributed by atoms with van der Waals surface area (Å²) in [4.78, 5) is 30.8. The van der Waals surface area contributed by atoms with Crippen LogP contribution in [-0.4, -0.2) is 41.3 Å². The second-order valence-electron chi connectivity index (χ2n) is 5.86. The van der Waals surface area contributed by atoms with E-state index in [1.165, 1.54) is 16.7 Å². The summed E-state index contributed by atoms with van der Waals surface area (Å²) in [6.45, 7) is 0. The van der Waals surface area contributed by atoms with Gasteiger partial charge in [0.15, 0.2) is 5.17 Å². The highest BCUT2D eigenvalue weighted by atomic mass is 79.9. The average Bonchev–Trinajstić information content (AvgIpc) is 2.91. The Hall–Kier alpha value is -2.32. The molecule has 1 N–H and O–H groups in total. The highest BCUT2D eigenvalue weighted by Crippen LogP contribution is 2.31. The molecule has 0 bridgehead atoms. The fourth-order valence-electron chi connectivity index (χ4n) is 2.50. The molecule has 0 radical (unpaired) electrons. The van der Waals surface area contributed by atoms with E-state index in [0.717, 1.165) is 4.47 Å². The maximum Gasteiger partial charge on any atom is 0.242 e. The van der Waals surface area contributed by atoms with Gasteiger partial charge < -0.3 is 10.1 Å². The highest BCUT2D eigenvalue weighted by Gasteiger charge is 2.37. The number of aliphatic imine (C=N–C) groups is 1. The largest absolute Gasteiger partial charge is 0.497 e. The Morgan fingerprint density at radius 3 is 2.74 bits per heavy atom. The highest BCUT2D eigenvalue weighted by molar-refractivity contribution is 9.10. The van der Waals surface area contributed by atoms with E-state index in [0.29, 0.717) is 22.3 Å². The van der Waals surface area contributed by atoms with Crippen LogP contribution in [0.25, 0.3) is 0 Å². The lowest BCUT2D eigenvalue weighted by molar-refractivity contribution is -0.127. The number of hydrogen-bond donors (Lipinski definition) is 1. The number of benzene rings is 2. The number of rotatable bonds is 5. The molecule has 8 heteroatoms. The molecule has 1 aliphatic rings. The summed E-state index contributed by atoms with van der Waals surface area (Å²) >= 11 is 4.65. The van der Waals surface area contributed by atoms with E-state index in [-0.39, 0.29) is 18.2 Å². The lowest BCUT2D eigenvalue weighted by Gasteiger charge is -2.09. The van der Waals surface area contributed by atoms with Gasteiger partial charge in [0.25, 0.3) is 0 Å². The number of nitrogens with one attached hydrogen (secondary N) is 1. The number of thioether (sulfide) groups is 1. The summed E-state index contributed by atoms with van der Waals surface area (Å²) in [6.07, 6.45) is 0.0844. The molecule has 0 saturated carbocycles. The van der Waals surface area contributed by atoms with Crippen molar-refractivity contribution in [2.45, 2.75) is 11.7 Å². The number of anilines is 1. The van der Waals surface area contributed by atoms with Gasteiger partial charge in [-0.2, -0.15) is 0 Å². The van der Waals surface area contributed by atoms with Crippen molar-refractivity contribution in [3.05, 3.63) is 53.0 Å². The summed E-state index contributed by atoms with van der Waals surface area (Å²) in [5.74, 6) is 0.353. The summed E-state index contributed by atoms with van der Waals surface area (Å²) in [5.41, 5.74) is 1.38. The number of amides is 2. The molecule has 2 amide bonds. The van der Waals surface area contributed by atoms with E-state index in [1.54, 1.807) is 32.4 Å². The van der Waals surface area contributed by atoms with Crippen molar-refractivity contribution in [2.75, 3.05) is 19.5 Å². The Morgan fingerprint density at radius 1 is 1.30 bits per heavy atom. The molecule has 1 saturated heterocycles. The molecule has 27 heavy (non-hydrogen) atoms. The molecule has 3 rings (SSSR count). The smallest absolute Gasteiger partial charge is 0.242 e. The number of halogens is 1. The molecule has 0 aromatic heterocycles. The van der Waals surface area contributed by atoms with E-state index >= 15 is 0 Å². The maximum atomic E-state index is 12.5. The van der Waals surface area contributed by atoms with Gasteiger partial charge in [-0.1, -0.05) is 33.8 Å². The zero-order chi connectivity index (χ0) is 19.4. The van der Waals surface area contributed by atoms with E-state index in [4.69, 9.17) is 4.74 Å². The van der Waals surface area contributed by atoms with Crippen LogP contribution in [0.5, 0.6) is 5.75 Å². The minimum atomic E-state index is -0.491. The van der Waals surface area contributed by atoms with Gasteiger partial charge >= 0.3 is 0 Å². The SMILES string of the molecule is COc1cccc(N=C2SC(CC(=O)Nc3ccc(Br)cc3)C(=O)N2C)c1. The lowest BCUT2D eigenvalue weighted by atomic mass is 10.2. The Bertz CT molecular complexity index is 886. The van der Waals surface area contributed by atoms with Crippen LogP contribution in [0.15, 0.2) is 58.0 Å². The predicted molar refractivity (Wildman–Crippen MR) is 112 cm³/mol. The Balaban J connectivity index is 1.67. The van der Waals surface area contributed by atoms with Crippen LogP contribution in [0.3, 0.4) is 0 Å². The van der Waals surface area contributed by atoms with Crippen LogP contribution >= 0.6 is 27.7 Å². The second kappa shape index (κ2) is 8.58. The minimum absolute atomic E-state index is 0.0844. The van der Waals surface area contributed by atoms with Crippen LogP contribution in [-0.2, 0) is 9.59 Å². The maximum absolute atomic E-state index is 12.5. The first kappa shape index (κ1) is 19.4. The van der Waals surface area contributed by atoms with E-state index in [2.05, 4.69) is 26.2 Å². The van der Waals surface area contributed by atoms with Crippen molar-refractivity contribution in [1.82, 2.24) is 4.90 Å². The monoisotopic (exact) mass is 447 g/mol. The van der Waals surface area contributed by atoms with Gasteiger partial charge in [0.05, 0.1) is 12.8 Å². The number of hydrogen-bond acceptors (Lipinski definition) is 5. The van der Waals surface area contributed by atoms with Gasteiger partial charge in [-0.25, -0.2) is 4.99 Å². The summed E-state index contributed by atoms with van der Waals surface area (Å²) in [6, 6.07) is 14.6. The van der Waals surface area contributed by atoms with Gasteiger partial charge in [0.1, 0.15) is 11.0 Å². The average molecular weight is 448 g/mol. The predicted octanol–water partition coefficient (Wildman–Crippen LogP) is 4.05. The first-order chi connectivity index (χ1) is 13.0. The fourth-order valence-corrected chi connectivity index (χ4v) is 3.92. The van der Waals surface area contributed by atoms with Crippen molar-refractivity contribution in [2.24, 2.45) is 4.99 Å². The van der Waals surface area contributed by atoms with Crippen LogP contribution < -0.4 is 10.1 Å². The lowest BCUT2D eigenvalue weighted by Crippen LogP contribution is -2.30. The molecule has 1 atom stereocenters. The van der Waals surface area contributed by atoms with Crippen molar-refractivity contribution in [3.8, 4) is 5.75 Å². The second-order valence-corrected chi connectivity index (χ2v) is 7.94. The third kappa shape index (κ3) is 4.90. The minimum Gasteiger partial charge on any atom is -0.497 e. The van der Waals surface area contributed by atoms with Crippen LogP contribution in [0.4, 0.5) is 11.4 Å². The van der Waals surface area contributed by atoms with Crippen LogP contribution in [0.1, 0.15) is 6.42 Å². The Morgan fingerprint density at radius 2 is 2.04 bits per heavy atom. The van der Waals surface area contributed by atoms with Crippen molar-refractivity contribution < 1.29 is 14.3 Å². The number of ether oxygens (including phenoxy) is 1. The van der Waals surface area contributed by atoms with Crippen molar-refractivity contribution in [3.63, 3.8) is 0 Å². The first-order valence-corrected chi connectivity index (χ1v) is 9.86. The topological polar surface area (TPSA) is 71.0 Å². The molecule has 140 valence electrons.